The van der Waals surface area contributed by atoms with Crippen molar-refractivity contribution in [2.24, 2.45) is 0 Å². The van der Waals surface area contributed by atoms with Crippen LogP contribution in [0, 0.1) is 5.82 Å². The summed E-state index contributed by atoms with van der Waals surface area (Å²) in [5, 5.41) is 2.63. The Balaban J connectivity index is 2.16. The highest BCUT2D eigenvalue weighted by atomic mass is 19.1. The smallest absolute Gasteiger partial charge is 0.246 e. The van der Waals surface area contributed by atoms with E-state index in [0.717, 1.165) is 0 Å². The summed E-state index contributed by atoms with van der Waals surface area (Å²) in [5.74, 6) is -0.453. The minimum absolute atomic E-state index is 0.000991. The van der Waals surface area contributed by atoms with Crippen LogP contribution in [0.4, 0.5) is 4.39 Å². The molecular weight excluding hydrogens is 185 g/mol. The molecule has 1 saturated heterocycles. The third kappa shape index (κ3) is 1.75. The van der Waals surface area contributed by atoms with E-state index in [1.807, 2.05) is 0 Å². The first-order valence-electron chi connectivity index (χ1n) is 4.40. The van der Waals surface area contributed by atoms with E-state index in [4.69, 9.17) is 4.74 Å². The number of rotatable bonds is 1. The molecule has 4 heteroatoms. The lowest BCUT2D eigenvalue weighted by molar-refractivity contribution is -0.133. The fourth-order valence-electron chi connectivity index (χ4n) is 1.43. The third-order valence-corrected chi connectivity index (χ3v) is 2.15. The second-order valence-electron chi connectivity index (χ2n) is 3.13. The van der Waals surface area contributed by atoms with E-state index in [1.54, 1.807) is 18.2 Å². The van der Waals surface area contributed by atoms with Crippen molar-refractivity contribution in [3.63, 3.8) is 0 Å². The number of nitrogens with one attached hydrogen (secondary N) is 1. The second kappa shape index (κ2) is 3.75. The molecule has 1 aliphatic heterocycles. The largest absolute Gasteiger partial charge is 0.362 e. The van der Waals surface area contributed by atoms with Crippen LogP contribution in [0.25, 0.3) is 0 Å². The summed E-state index contributed by atoms with van der Waals surface area (Å²) in [4.78, 5) is 10.8. The maximum absolute atomic E-state index is 13.3. The fraction of sp³-hybridized carbons (Fsp3) is 0.300. The Morgan fingerprint density at radius 3 is 2.86 bits per heavy atom. The Bertz CT molecular complexity index is 344. The number of halogens is 1. The first-order chi connectivity index (χ1) is 6.77. The minimum Gasteiger partial charge on any atom is -0.362 e. The molecule has 1 atom stereocenters. The van der Waals surface area contributed by atoms with Crippen molar-refractivity contribution < 1.29 is 13.9 Å². The van der Waals surface area contributed by atoms with Crippen LogP contribution < -0.4 is 5.32 Å². The lowest BCUT2D eigenvalue weighted by Gasteiger charge is -2.23. The van der Waals surface area contributed by atoms with E-state index in [1.165, 1.54) is 6.07 Å². The minimum atomic E-state index is -0.367. The molecule has 0 saturated carbocycles. The molecule has 1 aromatic carbocycles. The number of hydrogen-bond acceptors (Lipinski definition) is 2. The first-order valence-corrected chi connectivity index (χ1v) is 4.40. The molecule has 0 bridgehead atoms. The van der Waals surface area contributed by atoms with Gasteiger partial charge in [0, 0.05) is 12.1 Å². The SMILES string of the molecule is O=C1CO[C@H](c2ccccc2F)CN1. The molecule has 1 heterocycles. The molecule has 1 aliphatic rings. The Morgan fingerprint density at radius 2 is 2.21 bits per heavy atom. The molecule has 0 unspecified atom stereocenters. The molecule has 3 nitrogen and oxygen atoms in total. The quantitative estimate of drug-likeness (QED) is 0.726. The van der Waals surface area contributed by atoms with Gasteiger partial charge in [-0.3, -0.25) is 4.79 Å². The van der Waals surface area contributed by atoms with Gasteiger partial charge in [-0.1, -0.05) is 18.2 Å². The van der Waals surface area contributed by atoms with Crippen LogP contribution in [0.2, 0.25) is 0 Å². The van der Waals surface area contributed by atoms with Crippen LogP contribution >= 0.6 is 0 Å². The van der Waals surface area contributed by atoms with Gasteiger partial charge < -0.3 is 10.1 Å². The molecule has 0 radical (unpaired) electrons. The lowest BCUT2D eigenvalue weighted by Crippen LogP contribution is -2.38. The van der Waals surface area contributed by atoms with Crippen molar-refractivity contribution in [2.45, 2.75) is 6.10 Å². The van der Waals surface area contributed by atoms with Gasteiger partial charge in [0.05, 0.1) is 0 Å². The Morgan fingerprint density at radius 1 is 1.43 bits per heavy atom. The average Bonchev–Trinajstić information content (AvgIpc) is 2.20. The number of morpholine rings is 1. The monoisotopic (exact) mass is 195 g/mol. The van der Waals surface area contributed by atoms with Crippen LogP contribution in [0.5, 0.6) is 0 Å². The summed E-state index contributed by atoms with van der Waals surface area (Å²) in [7, 11) is 0. The molecule has 1 fully saturated rings. The van der Waals surface area contributed by atoms with E-state index in [0.29, 0.717) is 12.1 Å². The van der Waals surface area contributed by atoms with Crippen LogP contribution in [-0.4, -0.2) is 19.1 Å². The summed E-state index contributed by atoms with van der Waals surface area (Å²) in [5.41, 5.74) is 0.493. The predicted octanol–water partition coefficient (Wildman–Crippen LogP) is 1.01. The standard InChI is InChI=1S/C10H10FNO2/c11-8-4-2-1-3-7(8)9-5-12-10(13)6-14-9/h1-4,9H,5-6H2,(H,12,13)/t9-/m0/s1. The van der Waals surface area contributed by atoms with Crippen LogP contribution in [0.3, 0.4) is 0 Å². The van der Waals surface area contributed by atoms with Crippen LogP contribution in [0.15, 0.2) is 24.3 Å². The molecule has 0 spiro atoms. The van der Waals surface area contributed by atoms with Gasteiger partial charge in [0.15, 0.2) is 0 Å². The van der Waals surface area contributed by atoms with E-state index in [9.17, 15) is 9.18 Å². The maximum atomic E-state index is 13.3. The molecule has 1 amide bonds. The number of carbonyl (C=O) groups excluding carboxylic acids is 1. The van der Waals surface area contributed by atoms with Gasteiger partial charge >= 0.3 is 0 Å². The Hall–Kier alpha value is -1.42. The molecule has 1 aromatic rings. The number of ether oxygens (including phenoxy) is 1. The molecule has 0 aliphatic carbocycles. The van der Waals surface area contributed by atoms with Crippen molar-refractivity contribution in [3.05, 3.63) is 35.6 Å². The van der Waals surface area contributed by atoms with Gasteiger partial charge in [-0.25, -0.2) is 4.39 Å². The fourth-order valence-corrected chi connectivity index (χ4v) is 1.43. The molecule has 74 valence electrons. The summed E-state index contributed by atoms with van der Waals surface area (Å²) < 4.78 is 18.5. The molecule has 0 aromatic heterocycles. The summed E-state index contributed by atoms with van der Waals surface area (Å²) in [6.45, 7) is 0.332. The van der Waals surface area contributed by atoms with Gasteiger partial charge in [0.1, 0.15) is 18.5 Å². The zero-order chi connectivity index (χ0) is 9.97. The summed E-state index contributed by atoms with van der Waals surface area (Å²) >= 11 is 0. The summed E-state index contributed by atoms with van der Waals surface area (Å²) in [6.07, 6.45) is -0.367. The number of benzene rings is 1. The zero-order valence-corrected chi connectivity index (χ0v) is 7.50. The van der Waals surface area contributed by atoms with Crippen LogP contribution in [-0.2, 0) is 9.53 Å². The van der Waals surface area contributed by atoms with Crippen molar-refractivity contribution in [2.75, 3.05) is 13.2 Å². The highest BCUT2D eigenvalue weighted by molar-refractivity contribution is 5.77. The predicted molar refractivity (Wildman–Crippen MR) is 48.1 cm³/mol. The third-order valence-electron chi connectivity index (χ3n) is 2.15. The summed E-state index contributed by atoms with van der Waals surface area (Å²) in [6, 6.07) is 6.42. The van der Waals surface area contributed by atoms with Crippen LogP contribution in [0.1, 0.15) is 11.7 Å². The number of amides is 1. The normalized spacial score (nSPS) is 21.8. The van der Waals surface area contributed by atoms with E-state index in [2.05, 4.69) is 5.32 Å². The number of carbonyl (C=O) groups is 1. The average molecular weight is 195 g/mol. The van der Waals surface area contributed by atoms with E-state index >= 15 is 0 Å². The van der Waals surface area contributed by atoms with Gasteiger partial charge in [-0.05, 0) is 6.07 Å². The Labute approximate surface area is 80.9 Å². The Kier molecular flexibility index (Phi) is 2.45. The van der Waals surface area contributed by atoms with Gasteiger partial charge in [0.25, 0.3) is 0 Å². The van der Waals surface area contributed by atoms with Gasteiger partial charge in [0.2, 0.25) is 5.91 Å². The first kappa shape index (κ1) is 9.15. The van der Waals surface area contributed by atoms with Crippen molar-refractivity contribution in [1.82, 2.24) is 5.32 Å². The topological polar surface area (TPSA) is 38.3 Å². The van der Waals surface area contributed by atoms with Crippen molar-refractivity contribution >= 4 is 5.91 Å². The van der Waals surface area contributed by atoms with E-state index < -0.39 is 0 Å². The maximum Gasteiger partial charge on any atom is 0.246 e. The lowest BCUT2D eigenvalue weighted by atomic mass is 10.1. The van der Waals surface area contributed by atoms with Crippen molar-refractivity contribution in [3.8, 4) is 0 Å². The highest BCUT2D eigenvalue weighted by Gasteiger charge is 2.22. The van der Waals surface area contributed by atoms with Crippen molar-refractivity contribution in [1.29, 1.82) is 0 Å². The molecule has 2 rings (SSSR count). The number of hydrogen-bond donors (Lipinski definition) is 1. The van der Waals surface area contributed by atoms with Gasteiger partial charge in [-0.15, -0.1) is 0 Å². The molecule has 1 N–H and O–H groups in total. The van der Waals surface area contributed by atoms with Gasteiger partial charge in [-0.2, -0.15) is 0 Å². The zero-order valence-electron chi connectivity index (χ0n) is 7.50. The second-order valence-corrected chi connectivity index (χ2v) is 3.13. The highest BCUT2D eigenvalue weighted by Crippen LogP contribution is 2.21. The molecular formula is C10H10FNO2. The molecule has 14 heavy (non-hydrogen) atoms. The van der Waals surface area contributed by atoms with E-state index in [-0.39, 0.29) is 24.4 Å².